The highest BCUT2D eigenvalue weighted by Crippen LogP contribution is 2.31. The van der Waals surface area contributed by atoms with E-state index in [0.717, 1.165) is 41.2 Å². The topological polar surface area (TPSA) is 62.4 Å². The monoisotopic (exact) mass is 381 g/mol. The molecule has 27 heavy (non-hydrogen) atoms. The fourth-order valence-corrected chi connectivity index (χ4v) is 4.92. The van der Waals surface area contributed by atoms with Crippen LogP contribution in [-0.4, -0.2) is 34.1 Å². The number of aliphatic hydroxyl groups is 1. The molecule has 2 heterocycles. The van der Waals surface area contributed by atoms with Gasteiger partial charge in [-0.3, -0.25) is 4.90 Å². The van der Waals surface area contributed by atoms with Gasteiger partial charge in [-0.2, -0.15) is 0 Å². The van der Waals surface area contributed by atoms with Crippen molar-refractivity contribution in [2.24, 2.45) is 5.92 Å². The van der Waals surface area contributed by atoms with E-state index in [-0.39, 0.29) is 6.04 Å². The Morgan fingerprint density at radius 2 is 1.93 bits per heavy atom. The molecule has 1 fully saturated rings. The van der Waals surface area contributed by atoms with Gasteiger partial charge in [0.2, 0.25) is 0 Å². The minimum absolute atomic E-state index is 0.102. The van der Waals surface area contributed by atoms with E-state index >= 15 is 0 Å². The predicted molar refractivity (Wildman–Crippen MR) is 113 cm³/mol. The second-order valence-electron chi connectivity index (χ2n) is 7.63. The number of aliphatic hydroxyl groups excluding tert-OH is 1. The van der Waals surface area contributed by atoms with Gasteiger partial charge in [0, 0.05) is 6.04 Å². The molecule has 1 aromatic heterocycles. The van der Waals surface area contributed by atoms with Crippen LogP contribution in [-0.2, 0) is 6.42 Å². The molecular weight excluding hydrogens is 354 g/mol. The van der Waals surface area contributed by atoms with E-state index in [1.807, 2.05) is 18.2 Å². The first-order valence-corrected chi connectivity index (χ1v) is 10.5. The number of fused-ring (bicyclic) bond motifs is 1. The van der Waals surface area contributed by atoms with E-state index in [4.69, 9.17) is 5.73 Å². The van der Waals surface area contributed by atoms with Crippen molar-refractivity contribution in [3.05, 3.63) is 59.7 Å². The zero-order valence-electron chi connectivity index (χ0n) is 15.7. The third-order valence-electron chi connectivity index (χ3n) is 5.82. The van der Waals surface area contributed by atoms with Gasteiger partial charge in [0.1, 0.15) is 0 Å². The maximum absolute atomic E-state index is 10.9. The molecule has 0 radical (unpaired) electrons. The van der Waals surface area contributed by atoms with E-state index in [1.54, 1.807) is 0 Å². The van der Waals surface area contributed by atoms with E-state index in [1.165, 1.54) is 29.7 Å². The van der Waals surface area contributed by atoms with Gasteiger partial charge < -0.3 is 10.8 Å². The highest BCUT2D eigenvalue weighted by molar-refractivity contribution is 7.22. The maximum Gasteiger partial charge on any atom is 0.181 e. The second-order valence-corrected chi connectivity index (χ2v) is 8.70. The average Bonchev–Trinajstić information content (AvgIpc) is 3.07. The van der Waals surface area contributed by atoms with Crippen LogP contribution >= 0.6 is 11.3 Å². The van der Waals surface area contributed by atoms with Crippen molar-refractivity contribution in [1.29, 1.82) is 0 Å². The lowest BCUT2D eigenvalue weighted by atomic mass is 9.89. The summed E-state index contributed by atoms with van der Waals surface area (Å²) in [6.07, 6.45) is 3.05. The molecule has 0 saturated carbocycles. The van der Waals surface area contributed by atoms with Gasteiger partial charge in [-0.15, -0.1) is 0 Å². The van der Waals surface area contributed by atoms with Crippen molar-refractivity contribution in [1.82, 2.24) is 9.88 Å². The number of aromatic nitrogens is 1. The van der Waals surface area contributed by atoms with Gasteiger partial charge in [0.15, 0.2) is 5.13 Å². The fraction of sp³-hybridized carbons (Fsp3) is 0.409. The average molecular weight is 382 g/mol. The number of nitrogens with zero attached hydrogens (tertiary/aromatic N) is 2. The Labute approximate surface area is 164 Å². The van der Waals surface area contributed by atoms with Crippen molar-refractivity contribution >= 4 is 26.7 Å². The molecule has 0 spiro atoms. The minimum Gasteiger partial charge on any atom is -0.387 e. The Morgan fingerprint density at radius 1 is 1.19 bits per heavy atom. The van der Waals surface area contributed by atoms with Gasteiger partial charge in [0.05, 0.1) is 16.3 Å². The summed E-state index contributed by atoms with van der Waals surface area (Å²) < 4.78 is 1.04. The fourth-order valence-electron chi connectivity index (χ4n) is 4.13. The Morgan fingerprint density at radius 3 is 2.67 bits per heavy atom. The van der Waals surface area contributed by atoms with E-state index in [2.05, 4.69) is 47.1 Å². The Balaban J connectivity index is 1.37. The zero-order chi connectivity index (χ0) is 18.8. The second kappa shape index (κ2) is 7.97. The van der Waals surface area contributed by atoms with Gasteiger partial charge in [0.25, 0.3) is 0 Å². The molecule has 5 heteroatoms. The number of benzene rings is 2. The smallest absolute Gasteiger partial charge is 0.181 e. The largest absolute Gasteiger partial charge is 0.387 e. The minimum atomic E-state index is -0.497. The Bertz CT molecular complexity index is 887. The standard InChI is InChI=1S/C22H27N3OS/c1-15(21(26)18-7-8-19-20(14-18)27-22(23)24-19)25-11-9-17(10-12-25)13-16-5-3-2-4-6-16/h2-8,14-15,17,21,26H,9-13H2,1H3,(H2,23,24)/t15-,21+/m1/s1. The van der Waals surface area contributed by atoms with Crippen LogP contribution in [0.2, 0.25) is 0 Å². The zero-order valence-corrected chi connectivity index (χ0v) is 16.5. The first-order chi connectivity index (χ1) is 13.1. The molecule has 2 aromatic carbocycles. The number of nitrogen functional groups attached to an aromatic ring is 1. The van der Waals surface area contributed by atoms with Gasteiger partial charge in [-0.25, -0.2) is 4.98 Å². The molecule has 0 unspecified atom stereocenters. The summed E-state index contributed by atoms with van der Waals surface area (Å²) >= 11 is 1.47. The van der Waals surface area contributed by atoms with Gasteiger partial charge >= 0.3 is 0 Å². The first kappa shape index (κ1) is 18.4. The summed E-state index contributed by atoms with van der Waals surface area (Å²) in [5.41, 5.74) is 9.08. The quantitative estimate of drug-likeness (QED) is 0.693. The van der Waals surface area contributed by atoms with Crippen LogP contribution in [0.3, 0.4) is 0 Å². The highest BCUT2D eigenvalue weighted by atomic mass is 32.1. The summed E-state index contributed by atoms with van der Waals surface area (Å²) in [6.45, 7) is 4.23. The van der Waals surface area contributed by atoms with E-state index in [9.17, 15) is 5.11 Å². The molecule has 1 saturated heterocycles. The molecule has 3 aromatic rings. The van der Waals surface area contributed by atoms with Gasteiger partial charge in [-0.1, -0.05) is 47.7 Å². The Hall–Kier alpha value is -1.95. The molecule has 0 amide bonds. The predicted octanol–water partition coefficient (Wildman–Crippen LogP) is 4.26. The van der Waals surface area contributed by atoms with Crippen molar-refractivity contribution in [3.8, 4) is 0 Å². The summed E-state index contributed by atoms with van der Waals surface area (Å²) in [4.78, 5) is 6.72. The summed E-state index contributed by atoms with van der Waals surface area (Å²) in [6, 6.07) is 16.8. The molecular formula is C22H27N3OS. The number of hydrogen-bond acceptors (Lipinski definition) is 5. The van der Waals surface area contributed by atoms with Crippen molar-refractivity contribution in [3.63, 3.8) is 0 Å². The van der Waals surface area contributed by atoms with Crippen molar-refractivity contribution in [2.45, 2.75) is 38.3 Å². The van der Waals surface area contributed by atoms with Crippen molar-refractivity contribution < 1.29 is 5.11 Å². The lowest BCUT2D eigenvalue weighted by Gasteiger charge is -2.38. The van der Waals surface area contributed by atoms with Crippen LogP contribution in [0, 0.1) is 5.92 Å². The SMILES string of the molecule is C[C@H]([C@H](O)c1ccc2nc(N)sc2c1)N1CCC(Cc2ccccc2)CC1. The van der Waals surface area contributed by atoms with Gasteiger partial charge in [-0.05, 0) is 68.5 Å². The van der Waals surface area contributed by atoms with Crippen molar-refractivity contribution in [2.75, 3.05) is 18.8 Å². The molecule has 4 rings (SSSR count). The number of hydrogen-bond donors (Lipinski definition) is 2. The lowest BCUT2D eigenvalue weighted by molar-refractivity contribution is 0.0374. The lowest BCUT2D eigenvalue weighted by Crippen LogP contribution is -2.43. The summed E-state index contributed by atoms with van der Waals surface area (Å²) in [5.74, 6) is 0.740. The molecule has 1 aliphatic rings. The molecule has 0 aliphatic carbocycles. The number of thiazole rings is 1. The molecule has 4 nitrogen and oxygen atoms in total. The number of nitrogens with two attached hydrogens (primary N) is 1. The normalized spacial score (nSPS) is 18.6. The summed E-state index contributed by atoms with van der Waals surface area (Å²) in [7, 11) is 0. The molecule has 3 N–H and O–H groups in total. The number of likely N-dealkylation sites (tertiary alicyclic amines) is 1. The first-order valence-electron chi connectivity index (χ1n) is 9.72. The molecule has 0 bridgehead atoms. The molecule has 1 aliphatic heterocycles. The Kier molecular flexibility index (Phi) is 5.43. The van der Waals surface area contributed by atoms with E-state index < -0.39 is 6.10 Å². The number of piperidine rings is 1. The van der Waals surface area contributed by atoms with Crippen LogP contribution in [0.5, 0.6) is 0 Å². The third-order valence-corrected chi connectivity index (χ3v) is 6.67. The van der Waals surface area contributed by atoms with Crippen LogP contribution < -0.4 is 5.73 Å². The van der Waals surface area contributed by atoms with Crippen LogP contribution in [0.1, 0.15) is 37.0 Å². The highest BCUT2D eigenvalue weighted by Gasteiger charge is 2.27. The van der Waals surface area contributed by atoms with Crippen LogP contribution in [0.25, 0.3) is 10.2 Å². The maximum atomic E-state index is 10.9. The van der Waals surface area contributed by atoms with E-state index in [0.29, 0.717) is 5.13 Å². The number of anilines is 1. The third kappa shape index (κ3) is 4.15. The molecule has 142 valence electrons. The van der Waals surface area contributed by atoms with Crippen LogP contribution in [0.4, 0.5) is 5.13 Å². The number of rotatable bonds is 5. The molecule has 2 atom stereocenters. The van der Waals surface area contributed by atoms with Crippen LogP contribution in [0.15, 0.2) is 48.5 Å². The summed E-state index contributed by atoms with van der Waals surface area (Å²) in [5, 5.41) is 11.5.